The summed E-state index contributed by atoms with van der Waals surface area (Å²) in [6.07, 6.45) is -2.04. The van der Waals surface area contributed by atoms with Crippen LogP contribution in [0.4, 0.5) is 8.78 Å². The van der Waals surface area contributed by atoms with Gasteiger partial charge >= 0.3 is 0 Å². The van der Waals surface area contributed by atoms with Crippen molar-refractivity contribution in [3.63, 3.8) is 0 Å². The van der Waals surface area contributed by atoms with Gasteiger partial charge in [0.05, 0.1) is 5.56 Å². The van der Waals surface area contributed by atoms with Gasteiger partial charge in [0.1, 0.15) is 5.69 Å². The molecular weight excluding hydrogens is 225 g/mol. The Morgan fingerprint density at radius 1 is 1.54 bits per heavy atom. The van der Waals surface area contributed by atoms with E-state index in [1.807, 2.05) is 0 Å². The second-order valence-electron chi connectivity index (χ2n) is 2.01. The van der Waals surface area contributed by atoms with Crippen molar-refractivity contribution in [3.05, 3.63) is 22.7 Å². The Balaban J connectivity index is 3.26. The summed E-state index contributed by atoms with van der Waals surface area (Å²) in [4.78, 5) is 17.1. The van der Waals surface area contributed by atoms with Crippen LogP contribution < -0.4 is 0 Å². The van der Waals surface area contributed by atoms with E-state index in [4.69, 9.17) is 23.2 Å². The molecule has 0 atom stereocenters. The second kappa shape index (κ2) is 3.93. The van der Waals surface area contributed by atoms with Crippen molar-refractivity contribution in [2.75, 3.05) is 0 Å². The van der Waals surface area contributed by atoms with Gasteiger partial charge in [-0.2, -0.15) is 0 Å². The monoisotopic (exact) mass is 226 g/mol. The topological polar surface area (TPSA) is 42.9 Å². The Bertz CT molecular complexity index is 345. The van der Waals surface area contributed by atoms with Crippen LogP contribution >= 0.6 is 23.2 Å². The number of hydrogen-bond acceptors (Lipinski definition) is 3. The van der Waals surface area contributed by atoms with Gasteiger partial charge in [-0.15, -0.1) is 0 Å². The first-order valence-corrected chi connectivity index (χ1v) is 3.78. The Hall–Kier alpha value is -0.810. The molecule has 0 aliphatic carbocycles. The van der Waals surface area contributed by atoms with Crippen molar-refractivity contribution < 1.29 is 13.6 Å². The number of rotatable bonds is 2. The summed E-state index contributed by atoms with van der Waals surface area (Å²) in [5, 5.41) is -1.39. The van der Waals surface area contributed by atoms with Gasteiger partial charge in [0, 0.05) is 6.20 Å². The summed E-state index contributed by atoms with van der Waals surface area (Å²) < 4.78 is 24.4. The minimum Gasteiger partial charge on any atom is -0.275 e. The van der Waals surface area contributed by atoms with Crippen LogP contribution in [0, 0.1) is 0 Å². The molecule has 1 rings (SSSR count). The van der Waals surface area contributed by atoms with E-state index in [0.29, 0.717) is 0 Å². The summed E-state index contributed by atoms with van der Waals surface area (Å²) >= 11 is 10.3. The molecule has 0 aliphatic heterocycles. The fraction of sp³-hybridized carbons (Fsp3) is 0.167. The highest BCUT2D eigenvalue weighted by Gasteiger charge is 2.19. The van der Waals surface area contributed by atoms with Crippen molar-refractivity contribution in [2.24, 2.45) is 0 Å². The van der Waals surface area contributed by atoms with Gasteiger partial charge in [-0.1, -0.05) is 0 Å². The first-order chi connectivity index (χ1) is 6.02. The summed E-state index contributed by atoms with van der Waals surface area (Å²) in [6.45, 7) is 0. The summed E-state index contributed by atoms with van der Waals surface area (Å²) in [6, 6.07) is 0. The lowest BCUT2D eigenvalue weighted by molar-refractivity contribution is 0.106. The van der Waals surface area contributed by atoms with Crippen LogP contribution in [-0.4, -0.2) is 15.2 Å². The minimum atomic E-state index is -2.90. The number of halogens is 4. The molecule has 0 bridgehead atoms. The predicted octanol–water partition coefficient (Wildman–Crippen LogP) is 2.45. The molecule has 0 fully saturated rings. The molecule has 0 aromatic carbocycles. The average Bonchev–Trinajstić information content (AvgIpc) is 2.03. The number of carbonyl (C=O) groups is 1. The van der Waals surface area contributed by atoms with Crippen molar-refractivity contribution in [1.29, 1.82) is 0 Å². The molecule has 1 heterocycles. The molecule has 0 radical (unpaired) electrons. The number of aromatic nitrogens is 2. The normalized spacial score (nSPS) is 10.5. The fourth-order valence-corrected chi connectivity index (χ4v) is 0.976. The lowest BCUT2D eigenvalue weighted by Gasteiger charge is -2.02. The van der Waals surface area contributed by atoms with E-state index in [-0.39, 0.29) is 5.28 Å². The zero-order chi connectivity index (χ0) is 10.0. The lowest BCUT2D eigenvalue weighted by Crippen LogP contribution is -2.03. The third kappa shape index (κ3) is 2.32. The Kier molecular flexibility index (Phi) is 3.11. The Labute approximate surface area is 81.7 Å². The smallest absolute Gasteiger partial charge is 0.275 e. The largest absolute Gasteiger partial charge is 0.281 e. The number of alkyl halides is 2. The van der Waals surface area contributed by atoms with Gasteiger partial charge < -0.3 is 0 Å². The third-order valence-corrected chi connectivity index (χ3v) is 1.59. The summed E-state index contributed by atoms with van der Waals surface area (Å²) in [5.41, 5.74) is -1.18. The first-order valence-electron chi connectivity index (χ1n) is 3.02. The van der Waals surface area contributed by atoms with E-state index in [0.717, 1.165) is 6.20 Å². The minimum absolute atomic E-state index is 0.350. The highest BCUT2D eigenvalue weighted by Crippen LogP contribution is 2.22. The quantitative estimate of drug-likeness (QED) is 0.575. The molecule has 0 saturated carbocycles. The van der Waals surface area contributed by atoms with Gasteiger partial charge in [-0.3, -0.25) is 4.79 Å². The lowest BCUT2D eigenvalue weighted by atomic mass is 10.2. The van der Waals surface area contributed by atoms with Gasteiger partial charge in [0.2, 0.25) is 5.28 Å². The van der Waals surface area contributed by atoms with E-state index in [1.54, 1.807) is 0 Å². The number of nitrogens with zero attached hydrogens (tertiary/aromatic N) is 2. The number of carbonyl (C=O) groups excluding carboxylic acids is 1. The fourth-order valence-electron chi connectivity index (χ4n) is 0.690. The highest BCUT2D eigenvalue weighted by molar-refractivity contribution is 6.67. The molecule has 0 amide bonds. The molecule has 1 aromatic heterocycles. The van der Waals surface area contributed by atoms with E-state index >= 15 is 0 Å². The van der Waals surface area contributed by atoms with Crippen molar-refractivity contribution in [3.8, 4) is 0 Å². The maximum Gasteiger partial charge on any atom is 0.281 e. The maximum absolute atomic E-state index is 12.2. The van der Waals surface area contributed by atoms with E-state index in [2.05, 4.69) is 9.97 Å². The molecule has 3 nitrogen and oxygen atoms in total. The van der Waals surface area contributed by atoms with Gasteiger partial charge in [0.25, 0.3) is 11.7 Å². The van der Waals surface area contributed by atoms with E-state index in [1.165, 1.54) is 0 Å². The van der Waals surface area contributed by atoms with E-state index < -0.39 is 22.9 Å². The molecule has 70 valence electrons. The molecule has 0 spiro atoms. The molecule has 0 aliphatic rings. The molecule has 13 heavy (non-hydrogen) atoms. The Morgan fingerprint density at radius 3 is 2.62 bits per heavy atom. The zero-order valence-corrected chi connectivity index (χ0v) is 7.48. The first kappa shape index (κ1) is 10.3. The second-order valence-corrected chi connectivity index (χ2v) is 2.69. The van der Waals surface area contributed by atoms with Crippen molar-refractivity contribution >= 4 is 28.4 Å². The SMILES string of the molecule is O=C(Cl)c1cnc(Cl)nc1C(F)F. The summed E-state index contributed by atoms with van der Waals surface area (Å²) in [5.74, 6) is 0. The van der Waals surface area contributed by atoms with Crippen LogP contribution in [0.15, 0.2) is 6.20 Å². The number of hydrogen-bond donors (Lipinski definition) is 0. The molecule has 0 N–H and O–H groups in total. The highest BCUT2D eigenvalue weighted by atomic mass is 35.5. The molecular formula is C6H2Cl2F2N2O. The third-order valence-electron chi connectivity index (χ3n) is 1.21. The zero-order valence-electron chi connectivity index (χ0n) is 5.97. The van der Waals surface area contributed by atoms with Crippen LogP contribution in [0.5, 0.6) is 0 Å². The van der Waals surface area contributed by atoms with Crippen LogP contribution in [0.25, 0.3) is 0 Å². The predicted molar refractivity (Wildman–Crippen MR) is 42.2 cm³/mol. The van der Waals surface area contributed by atoms with Crippen LogP contribution in [-0.2, 0) is 0 Å². The molecule has 7 heteroatoms. The van der Waals surface area contributed by atoms with Crippen LogP contribution in [0.3, 0.4) is 0 Å². The van der Waals surface area contributed by atoms with Crippen LogP contribution in [0.1, 0.15) is 22.5 Å². The van der Waals surface area contributed by atoms with E-state index in [9.17, 15) is 13.6 Å². The van der Waals surface area contributed by atoms with Crippen molar-refractivity contribution in [2.45, 2.75) is 6.43 Å². The average molecular weight is 227 g/mol. The Morgan fingerprint density at radius 2 is 2.15 bits per heavy atom. The van der Waals surface area contributed by atoms with Gasteiger partial charge in [-0.05, 0) is 23.2 Å². The summed E-state index contributed by atoms with van der Waals surface area (Å²) in [7, 11) is 0. The molecule has 1 aromatic rings. The van der Waals surface area contributed by atoms with Gasteiger partial charge in [0.15, 0.2) is 0 Å². The molecule has 0 unspecified atom stereocenters. The van der Waals surface area contributed by atoms with Crippen molar-refractivity contribution in [1.82, 2.24) is 9.97 Å². The van der Waals surface area contributed by atoms with Gasteiger partial charge in [-0.25, -0.2) is 18.7 Å². The maximum atomic E-state index is 12.2. The molecule has 0 saturated heterocycles. The standard InChI is InChI=1S/C6H2Cl2F2N2O/c7-4(13)2-1-11-6(8)12-3(2)5(9)10/h1,5H. The van der Waals surface area contributed by atoms with Crippen LogP contribution in [0.2, 0.25) is 5.28 Å².